The molecular formula is C19H41IN4O2. The van der Waals surface area contributed by atoms with Crippen molar-refractivity contribution in [1.29, 1.82) is 0 Å². The average Bonchev–Trinajstić information content (AvgIpc) is 2.64. The number of piperidine rings is 1. The van der Waals surface area contributed by atoms with Gasteiger partial charge in [-0.15, -0.1) is 24.0 Å². The van der Waals surface area contributed by atoms with Crippen LogP contribution in [0.5, 0.6) is 0 Å². The summed E-state index contributed by atoms with van der Waals surface area (Å²) in [4.78, 5) is 6.86. The van der Waals surface area contributed by atoms with Crippen LogP contribution in [0.25, 0.3) is 0 Å². The molecule has 156 valence electrons. The van der Waals surface area contributed by atoms with Crippen molar-refractivity contribution < 1.29 is 9.47 Å². The molecule has 1 aliphatic heterocycles. The van der Waals surface area contributed by atoms with Crippen molar-refractivity contribution in [1.82, 2.24) is 15.5 Å². The molecule has 0 radical (unpaired) electrons. The molecule has 0 amide bonds. The Kier molecular flexibility index (Phi) is 18.2. The van der Waals surface area contributed by atoms with Gasteiger partial charge in [0.2, 0.25) is 0 Å². The van der Waals surface area contributed by atoms with E-state index < -0.39 is 0 Å². The van der Waals surface area contributed by atoms with Crippen LogP contribution >= 0.6 is 24.0 Å². The van der Waals surface area contributed by atoms with Gasteiger partial charge in [-0.25, -0.2) is 0 Å². The van der Waals surface area contributed by atoms with E-state index in [4.69, 9.17) is 9.47 Å². The highest BCUT2D eigenvalue weighted by Crippen LogP contribution is 2.16. The van der Waals surface area contributed by atoms with E-state index in [0.29, 0.717) is 19.8 Å². The van der Waals surface area contributed by atoms with Gasteiger partial charge in [-0.2, -0.15) is 0 Å². The maximum absolute atomic E-state index is 5.56. The van der Waals surface area contributed by atoms with Crippen molar-refractivity contribution in [3.8, 4) is 0 Å². The lowest BCUT2D eigenvalue weighted by molar-refractivity contribution is 0.0487. The lowest BCUT2D eigenvalue weighted by Crippen LogP contribution is -2.43. The summed E-state index contributed by atoms with van der Waals surface area (Å²) in [5, 5.41) is 6.76. The van der Waals surface area contributed by atoms with Crippen molar-refractivity contribution in [2.75, 3.05) is 66.2 Å². The Morgan fingerprint density at radius 2 is 1.69 bits per heavy atom. The molecule has 0 aliphatic carbocycles. The van der Waals surface area contributed by atoms with Gasteiger partial charge >= 0.3 is 0 Å². The normalized spacial score (nSPS) is 16.3. The Bertz CT molecular complexity index is 338. The number of hydrogen-bond acceptors (Lipinski definition) is 4. The van der Waals surface area contributed by atoms with E-state index in [1.165, 1.54) is 45.3 Å². The summed E-state index contributed by atoms with van der Waals surface area (Å²) in [6.07, 6.45) is 6.12. The Morgan fingerprint density at radius 3 is 2.31 bits per heavy atom. The first-order valence-electron chi connectivity index (χ1n) is 10.1. The second kappa shape index (κ2) is 18.3. The third-order valence-electron chi connectivity index (χ3n) is 4.58. The van der Waals surface area contributed by atoms with E-state index in [-0.39, 0.29) is 24.0 Å². The van der Waals surface area contributed by atoms with Crippen LogP contribution in [0.4, 0.5) is 0 Å². The first-order valence-corrected chi connectivity index (χ1v) is 10.1. The molecule has 1 fully saturated rings. The van der Waals surface area contributed by atoms with Gasteiger partial charge in [0.05, 0.1) is 19.8 Å². The zero-order valence-corrected chi connectivity index (χ0v) is 19.4. The van der Waals surface area contributed by atoms with E-state index in [1.807, 2.05) is 7.05 Å². The highest BCUT2D eigenvalue weighted by molar-refractivity contribution is 14.0. The molecule has 6 nitrogen and oxygen atoms in total. The van der Waals surface area contributed by atoms with Crippen LogP contribution in [0.2, 0.25) is 0 Å². The Hall–Kier alpha value is -0.120. The van der Waals surface area contributed by atoms with Crippen molar-refractivity contribution in [3.05, 3.63) is 0 Å². The predicted molar refractivity (Wildman–Crippen MR) is 121 cm³/mol. The Morgan fingerprint density at radius 1 is 1.00 bits per heavy atom. The number of hydrogen-bond donors (Lipinski definition) is 2. The summed E-state index contributed by atoms with van der Waals surface area (Å²) in [5.74, 6) is 1.63. The van der Waals surface area contributed by atoms with Gasteiger partial charge in [0.15, 0.2) is 5.96 Å². The van der Waals surface area contributed by atoms with Crippen molar-refractivity contribution in [3.63, 3.8) is 0 Å². The highest BCUT2D eigenvalue weighted by Gasteiger charge is 2.18. The van der Waals surface area contributed by atoms with E-state index in [0.717, 1.165) is 38.0 Å². The van der Waals surface area contributed by atoms with Gasteiger partial charge in [-0.3, -0.25) is 4.99 Å². The van der Waals surface area contributed by atoms with E-state index in [2.05, 4.69) is 34.4 Å². The van der Waals surface area contributed by atoms with Crippen LogP contribution in [0.1, 0.15) is 46.0 Å². The predicted octanol–water partition coefficient (Wildman–Crippen LogP) is 2.72. The number of ether oxygens (including phenoxy) is 2. The van der Waals surface area contributed by atoms with E-state index in [9.17, 15) is 0 Å². The largest absolute Gasteiger partial charge is 0.379 e. The fourth-order valence-electron chi connectivity index (χ4n) is 3.00. The molecule has 7 heteroatoms. The topological polar surface area (TPSA) is 58.1 Å². The summed E-state index contributed by atoms with van der Waals surface area (Å²) in [6, 6.07) is 0. The van der Waals surface area contributed by atoms with Gasteiger partial charge in [-0.05, 0) is 51.2 Å². The lowest BCUT2D eigenvalue weighted by atomic mass is 9.97. The molecule has 0 unspecified atom stereocenters. The maximum atomic E-state index is 5.56. The number of nitrogens with one attached hydrogen (secondary N) is 2. The molecule has 2 N–H and O–H groups in total. The summed E-state index contributed by atoms with van der Waals surface area (Å²) < 4.78 is 11.0. The van der Waals surface area contributed by atoms with Crippen molar-refractivity contribution >= 4 is 29.9 Å². The van der Waals surface area contributed by atoms with Gasteiger partial charge < -0.3 is 25.0 Å². The van der Waals surface area contributed by atoms with Gasteiger partial charge in [0, 0.05) is 26.7 Å². The van der Waals surface area contributed by atoms with Gasteiger partial charge in [0.25, 0.3) is 0 Å². The first kappa shape index (κ1) is 25.9. The summed E-state index contributed by atoms with van der Waals surface area (Å²) in [5.41, 5.74) is 0. The molecule has 1 heterocycles. The summed E-state index contributed by atoms with van der Waals surface area (Å²) in [6.45, 7) is 12.8. The minimum Gasteiger partial charge on any atom is -0.379 e. The molecule has 0 aromatic rings. The molecule has 1 saturated heterocycles. The Balaban J connectivity index is 0.00000625. The zero-order valence-electron chi connectivity index (χ0n) is 17.1. The van der Waals surface area contributed by atoms with E-state index >= 15 is 0 Å². The Labute approximate surface area is 177 Å². The molecular weight excluding hydrogens is 443 g/mol. The van der Waals surface area contributed by atoms with Crippen LogP contribution in [0.3, 0.4) is 0 Å². The fourth-order valence-corrected chi connectivity index (χ4v) is 3.00. The van der Waals surface area contributed by atoms with E-state index in [1.54, 1.807) is 0 Å². The fraction of sp³-hybridized carbons (Fsp3) is 0.947. The third-order valence-corrected chi connectivity index (χ3v) is 4.58. The second-order valence-electron chi connectivity index (χ2n) is 6.74. The van der Waals surface area contributed by atoms with Gasteiger partial charge in [-0.1, -0.05) is 20.3 Å². The first-order chi connectivity index (χ1) is 12.3. The lowest BCUT2D eigenvalue weighted by Gasteiger charge is -2.32. The quantitative estimate of drug-likeness (QED) is 0.182. The van der Waals surface area contributed by atoms with Crippen LogP contribution in [-0.4, -0.2) is 77.1 Å². The highest BCUT2D eigenvalue weighted by atomic mass is 127. The number of nitrogens with zero attached hydrogens (tertiary/aromatic N) is 2. The monoisotopic (exact) mass is 484 g/mol. The SMILES string of the molecule is CCCCOCCOCCNC(=NC)NCC1CCN(CCC)CC1.I. The molecule has 0 atom stereocenters. The second-order valence-corrected chi connectivity index (χ2v) is 6.74. The zero-order chi connectivity index (χ0) is 18.2. The van der Waals surface area contributed by atoms with Crippen LogP contribution in [0.15, 0.2) is 4.99 Å². The molecule has 0 saturated carbocycles. The minimum atomic E-state index is 0. The maximum Gasteiger partial charge on any atom is 0.191 e. The van der Waals surface area contributed by atoms with Crippen molar-refractivity contribution in [2.45, 2.75) is 46.0 Å². The van der Waals surface area contributed by atoms with Gasteiger partial charge in [0.1, 0.15) is 0 Å². The number of halogens is 1. The van der Waals surface area contributed by atoms with Crippen LogP contribution in [-0.2, 0) is 9.47 Å². The number of unbranched alkanes of at least 4 members (excludes halogenated alkanes) is 1. The number of likely N-dealkylation sites (tertiary alicyclic amines) is 1. The molecule has 26 heavy (non-hydrogen) atoms. The number of rotatable bonds is 13. The average molecular weight is 484 g/mol. The molecule has 0 aromatic carbocycles. The summed E-state index contributed by atoms with van der Waals surface area (Å²) >= 11 is 0. The molecule has 0 spiro atoms. The third kappa shape index (κ3) is 13.1. The van der Waals surface area contributed by atoms with Crippen LogP contribution in [0, 0.1) is 5.92 Å². The number of aliphatic imine (C=N–C) groups is 1. The summed E-state index contributed by atoms with van der Waals surface area (Å²) in [7, 11) is 1.82. The number of guanidine groups is 1. The minimum absolute atomic E-state index is 0. The molecule has 0 bridgehead atoms. The smallest absolute Gasteiger partial charge is 0.191 e. The van der Waals surface area contributed by atoms with Crippen molar-refractivity contribution in [2.24, 2.45) is 10.9 Å². The standard InChI is InChI=1S/C19H40N4O2.HI/c1-4-6-13-24-15-16-25-14-9-21-19(20-3)22-17-18-7-11-23(10-5-2)12-8-18;/h18H,4-17H2,1-3H3,(H2,20,21,22);1H. The van der Waals surface area contributed by atoms with Crippen LogP contribution < -0.4 is 10.6 Å². The molecule has 0 aromatic heterocycles. The molecule has 1 aliphatic rings. The molecule has 1 rings (SSSR count).